The lowest BCUT2D eigenvalue weighted by Crippen LogP contribution is -2.40. The molecule has 3 rings (SSSR count). The number of rotatable bonds is 6. The third-order valence-corrected chi connectivity index (χ3v) is 4.72. The van der Waals surface area contributed by atoms with Crippen LogP contribution in [0.3, 0.4) is 0 Å². The third-order valence-electron chi connectivity index (χ3n) is 4.72. The summed E-state index contributed by atoms with van der Waals surface area (Å²) in [5.41, 5.74) is 0.207. The number of piperidine rings is 1. The number of halogens is 1. The molecular weight excluding hydrogens is 381 g/mol. The van der Waals surface area contributed by atoms with Crippen LogP contribution >= 0.6 is 0 Å². The molecule has 29 heavy (non-hydrogen) atoms. The minimum Gasteiger partial charge on any atom is -0.482 e. The van der Waals surface area contributed by atoms with Gasteiger partial charge in [0, 0.05) is 19.2 Å². The van der Waals surface area contributed by atoms with E-state index in [0.29, 0.717) is 38.1 Å². The van der Waals surface area contributed by atoms with Crippen molar-refractivity contribution in [3.63, 3.8) is 0 Å². The molecule has 0 bridgehead atoms. The van der Waals surface area contributed by atoms with E-state index in [1.165, 1.54) is 12.1 Å². The van der Waals surface area contributed by atoms with Crippen LogP contribution in [0.25, 0.3) is 0 Å². The van der Waals surface area contributed by atoms with E-state index in [2.05, 4.69) is 0 Å². The van der Waals surface area contributed by atoms with Gasteiger partial charge in [0.15, 0.2) is 5.76 Å². The minimum atomic E-state index is -0.483. The van der Waals surface area contributed by atoms with E-state index in [1.807, 2.05) is 0 Å². The highest BCUT2D eigenvalue weighted by Gasteiger charge is 2.29. The van der Waals surface area contributed by atoms with E-state index in [0.717, 1.165) is 12.3 Å². The van der Waals surface area contributed by atoms with Gasteiger partial charge in [-0.3, -0.25) is 14.4 Å². The van der Waals surface area contributed by atoms with Gasteiger partial charge in [-0.25, -0.2) is 4.39 Å². The molecule has 1 amide bonds. The molecule has 1 aliphatic heterocycles. The second-order valence-electron chi connectivity index (χ2n) is 6.71. The summed E-state index contributed by atoms with van der Waals surface area (Å²) in [5, 5.41) is 0. The highest BCUT2D eigenvalue weighted by Crippen LogP contribution is 2.20. The molecule has 2 aromatic rings. The molecule has 7 nitrogen and oxygen atoms in total. The van der Waals surface area contributed by atoms with Gasteiger partial charge in [0.2, 0.25) is 11.2 Å². The minimum absolute atomic E-state index is 0.0353. The van der Waals surface area contributed by atoms with Crippen molar-refractivity contribution in [3.05, 3.63) is 64.0 Å². The van der Waals surface area contributed by atoms with Gasteiger partial charge in [0.05, 0.1) is 12.5 Å². The van der Waals surface area contributed by atoms with E-state index < -0.39 is 11.3 Å². The SMILES string of the molecule is CCOC(=O)C1CCN(C(=O)c2cc(=O)c(OCc3ccc(F)cc3)co2)CC1. The zero-order valence-corrected chi connectivity index (χ0v) is 16.1. The normalized spacial score (nSPS) is 14.5. The largest absolute Gasteiger partial charge is 0.482 e. The first-order valence-corrected chi connectivity index (χ1v) is 9.44. The maximum absolute atomic E-state index is 12.9. The molecule has 0 unspecified atom stereocenters. The van der Waals surface area contributed by atoms with Gasteiger partial charge >= 0.3 is 5.97 Å². The van der Waals surface area contributed by atoms with Crippen LogP contribution in [0.5, 0.6) is 5.75 Å². The Labute approximate surface area is 167 Å². The average molecular weight is 403 g/mol. The van der Waals surface area contributed by atoms with Crippen LogP contribution in [0.15, 0.2) is 45.8 Å². The fourth-order valence-electron chi connectivity index (χ4n) is 3.09. The van der Waals surface area contributed by atoms with E-state index in [9.17, 15) is 18.8 Å². The van der Waals surface area contributed by atoms with Crippen molar-refractivity contribution < 1.29 is 27.9 Å². The molecule has 0 saturated carbocycles. The summed E-state index contributed by atoms with van der Waals surface area (Å²) in [6.07, 6.45) is 2.12. The number of benzene rings is 1. The quantitative estimate of drug-likeness (QED) is 0.690. The van der Waals surface area contributed by atoms with Gasteiger partial charge in [0.25, 0.3) is 5.91 Å². The molecule has 1 aliphatic rings. The summed E-state index contributed by atoms with van der Waals surface area (Å²) in [6, 6.07) is 6.80. The molecule has 2 heterocycles. The Morgan fingerprint density at radius 2 is 1.90 bits per heavy atom. The van der Waals surface area contributed by atoms with Crippen molar-refractivity contribution >= 4 is 11.9 Å². The van der Waals surface area contributed by atoms with E-state index in [-0.39, 0.29) is 35.8 Å². The van der Waals surface area contributed by atoms with Crippen LogP contribution in [0.4, 0.5) is 4.39 Å². The van der Waals surface area contributed by atoms with Crippen molar-refractivity contribution in [2.45, 2.75) is 26.4 Å². The molecule has 1 aromatic carbocycles. The number of esters is 1. The number of hydrogen-bond donors (Lipinski definition) is 0. The Kier molecular flexibility index (Phi) is 6.64. The second kappa shape index (κ2) is 9.36. The van der Waals surface area contributed by atoms with Gasteiger partial charge in [0.1, 0.15) is 18.7 Å². The smallest absolute Gasteiger partial charge is 0.309 e. The predicted octanol–water partition coefficient (Wildman–Crippen LogP) is 2.77. The molecule has 0 N–H and O–H groups in total. The standard InChI is InChI=1S/C21H22FNO6/c1-2-27-21(26)15-7-9-23(10-8-15)20(25)18-11-17(24)19(13-29-18)28-12-14-3-5-16(22)6-4-14/h3-6,11,13,15H,2,7-10,12H2,1H3. The number of hydrogen-bond acceptors (Lipinski definition) is 6. The summed E-state index contributed by atoms with van der Waals surface area (Å²) in [6.45, 7) is 2.92. The van der Waals surface area contributed by atoms with E-state index >= 15 is 0 Å². The fraction of sp³-hybridized carbons (Fsp3) is 0.381. The van der Waals surface area contributed by atoms with Crippen LogP contribution < -0.4 is 10.2 Å². The molecule has 1 aromatic heterocycles. The molecule has 1 fully saturated rings. The van der Waals surface area contributed by atoms with Crippen LogP contribution in [-0.4, -0.2) is 36.5 Å². The molecule has 0 radical (unpaired) electrons. The van der Waals surface area contributed by atoms with Gasteiger partial charge in [-0.15, -0.1) is 0 Å². The van der Waals surface area contributed by atoms with Crippen molar-refractivity contribution in [2.24, 2.45) is 5.92 Å². The monoisotopic (exact) mass is 403 g/mol. The summed E-state index contributed by atoms with van der Waals surface area (Å²) < 4.78 is 28.6. The molecular formula is C21H22FNO6. The number of amides is 1. The fourth-order valence-corrected chi connectivity index (χ4v) is 3.09. The maximum atomic E-state index is 12.9. The van der Waals surface area contributed by atoms with Crippen LogP contribution in [-0.2, 0) is 16.1 Å². The zero-order valence-electron chi connectivity index (χ0n) is 16.1. The van der Waals surface area contributed by atoms with Gasteiger partial charge in [-0.05, 0) is 37.5 Å². The lowest BCUT2D eigenvalue weighted by atomic mass is 9.97. The highest BCUT2D eigenvalue weighted by atomic mass is 19.1. The van der Waals surface area contributed by atoms with Gasteiger partial charge in [-0.1, -0.05) is 12.1 Å². The van der Waals surface area contributed by atoms with E-state index in [4.69, 9.17) is 13.9 Å². The number of carbonyl (C=O) groups is 2. The van der Waals surface area contributed by atoms with Gasteiger partial charge < -0.3 is 18.8 Å². The molecule has 154 valence electrons. The van der Waals surface area contributed by atoms with Crippen LogP contribution in [0.1, 0.15) is 35.9 Å². The lowest BCUT2D eigenvalue weighted by molar-refractivity contribution is -0.149. The first kappa shape index (κ1) is 20.6. The van der Waals surface area contributed by atoms with Gasteiger partial charge in [-0.2, -0.15) is 0 Å². The van der Waals surface area contributed by atoms with Crippen molar-refractivity contribution in [1.29, 1.82) is 0 Å². The number of carbonyl (C=O) groups excluding carboxylic acids is 2. The molecule has 1 saturated heterocycles. The first-order chi connectivity index (χ1) is 14.0. The first-order valence-electron chi connectivity index (χ1n) is 9.44. The summed E-state index contributed by atoms with van der Waals surface area (Å²) in [5.74, 6) is -1.34. The molecule has 0 atom stereocenters. The Bertz CT molecular complexity index is 916. The number of likely N-dealkylation sites (tertiary alicyclic amines) is 1. The highest BCUT2D eigenvalue weighted by molar-refractivity contribution is 5.91. The Morgan fingerprint density at radius 3 is 2.52 bits per heavy atom. The third kappa shape index (κ3) is 5.22. The van der Waals surface area contributed by atoms with Crippen LogP contribution in [0, 0.1) is 11.7 Å². The van der Waals surface area contributed by atoms with Crippen LogP contribution in [0.2, 0.25) is 0 Å². The zero-order chi connectivity index (χ0) is 20.8. The van der Waals surface area contributed by atoms with Crippen molar-refractivity contribution in [2.75, 3.05) is 19.7 Å². The number of ether oxygens (including phenoxy) is 2. The maximum Gasteiger partial charge on any atom is 0.309 e. The van der Waals surface area contributed by atoms with Crippen molar-refractivity contribution in [1.82, 2.24) is 4.90 Å². The summed E-state index contributed by atoms with van der Waals surface area (Å²) in [4.78, 5) is 38.2. The van der Waals surface area contributed by atoms with E-state index in [1.54, 1.807) is 24.0 Å². The predicted molar refractivity (Wildman–Crippen MR) is 101 cm³/mol. The molecule has 8 heteroatoms. The summed E-state index contributed by atoms with van der Waals surface area (Å²) in [7, 11) is 0. The molecule has 0 aliphatic carbocycles. The Balaban J connectivity index is 1.58. The number of nitrogens with zero attached hydrogens (tertiary/aromatic N) is 1. The second-order valence-corrected chi connectivity index (χ2v) is 6.71. The summed E-state index contributed by atoms with van der Waals surface area (Å²) >= 11 is 0. The lowest BCUT2D eigenvalue weighted by Gasteiger charge is -2.30. The average Bonchev–Trinajstić information content (AvgIpc) is 2.74. The molecule has 0 spiro atoms. The van der Waals surface area contributed by atoms with Crippen molar-refractivity contribution in [3.8, 4) is 5.75 Å². The topological polar surface area (TPSA) is 86.0 Å². The Morgan fingerprint density at radius 1 is 1.21 bits per heavy atom. The Hall–Kier alpha value is -3.16.